The maximum Gasteiger partial charge on any atom is 0.267 e. The highest BCUT2D eigenvalue weighted by Crippen LogP contribution is 2.13. The summed E-state index contributed by atoms with van der Waals surface area (Å²) in [6.07, 6.45) is 1.50. The van der Waals surface area contributed by atoms with Gasteiger partial charge in [-0.2, -0.15) is 0 Å². The van der Waals surface area contributed by atoms with Crippen molar-refractivity contribution in [3.8, 4) is 0 Å². The summed E-state index contributed by atoms with van der Waals surface area (Å²) in [6, 6.07) is 7.55. The molecule has 0 aliphatic heterocycles. The van der Waals surface area contributed by atoms with Gasteiger partial charge in [0, 0.05) is 18.8 Å². The third-order valence-corrected chi connectivity index (χ3v) is 3.22. The van der Waals surface area contributed by atoms with Gasteiger partial charge in [0.05, 0.1) is 6.20 Å². The molecule has 0 aliphatic carbocycles. The van der Waals surface area contributed by atoms with Crippen LogP contribution >= 0.6 is 11.5 Å². The Balaban J connectivity index is 2.12. The van der Waals surface area contributed by atoms with E-state index in [9.17, 15) is 4.79 Å². The van der Waals surface area contributed by atoms with Crippen LogP contribution in [0.4, 0.5) is 5.69 Å². The fourth-order valence-electron chi connectivity index (χ4n) is 1.66. The van der Waals surface area contributed by atoms with Gasteiger partial charge in [0.2, 0.25) is 0 Å². The Bertz CT molecular complexity index is 527. The second-order valence-corrected chi connectivity index (χ2v) is 4.63. The first-order valence-electron chi connectivity index (χ1n) is 5.61. The van der Waals surface area contributed by atoms with Gasteiger partial charge in [-0.05, 0) is 36.2 Å². The maximum atomic E-state index is 12.2. The molecule has 0 aliphatic rings. The van der Waals surface area contributed by atoms with Crippen molar-refractivity contribution in [3.05, 3.63) is 40.9 Å². The molecule has 0 fully saturated rings. The SMILES string of the molecule is CCN(Cc1cccc(N)c1)C(=O)c1cnns1. The zero-order valence-electron chi connectivity index (χ0n) is 10.0. The van der Waals surface area contributed by atoms with E-state index in [0.717, 1.165) is 17.1 Å². The molecule has 0 spiro atoms. The van der Waals surface area contributed by atoms with Crippen LogP contribution in [0.25, 0.3) is 0 Å². The minimum absolute atomic E-state index is 0.0464. The van der Waals surface area contributed by atoms with Crippen LogP contribution in [-0.2, 0) is 6.54 Å². The zero-order valence-corrected chi connectivity index (χ0v) is 10.9. The van der Waals surface area contributed by atoms with E-state index >= 15 is 0 Å². The van der Waals surface area contributed by atoms with Crippen LogP contribution in [0.1, 0.15) is 22.2 Å². The molecule has 94 valence electrons. The first kappa shape index (κ1) is 12.5. The summed E-state index contributed by atoms with van der Waals surface area (Å²) in [6.45, 7) is 3.11. The highest BCUT2D eigenvalue weighted by Gasteiger charge is 2.16. The van der Waals surface area contributed by atoms with Gasteiger partial charge < -0.3 is 10.6 Å². The molecule has 1 aromatic heterocycles. The molecule has 1 amide bonds. The van der Waals surface area contributed by atoms with Gasteiger partial charge in [0.15, 0.2) is 0 Å². The summed E-state index contributed by atoms with van der Waals surface area (Å²) in [7, 11) is 0. The van der Waals surface area contributed by atoms with Crippen molar-refractivity contribution in [1.82, 2.24) is 14.5 Å². The Morgan fingerprint density at radius 1 is 1.50 bits per heavy atom. The van der Waals surface area contributed by atoms with Crippen molar-refractivity contribution < 1.29 is 4.79 Å². The first-order chi connectivity index (χ1) is 8.70. The first-order valence-corrected chi connectivity index (χ1v) is 6.39. The summed E-state index contributed by atoms with van der Waals surface area (Å²) in [5.41, 5.74) is 7.45. The third-order valence-electron chi connectivity index (χ3n) is 2.57. The minimum atomic E-state index is -0.0464. The van der Waals surface area contributed by atoms with Crippen molar-refractivity contribution in [2.45, 2.75) is 13.5 Å². The van der Waals surface area contributed by atoms with E-state index < -0.39 is 0 Å². The average molecular weight is 262 g/mol. The fourth-order valence-corrected chi connectivity index (χ4v) is 2.14. The van der Waals surface area contributed by atoms with Gasteiger partial charge in [-0.15, -0.1) is 5.10 Å². The monoisotopic (exact) mass is 262 g/mol. The van der Waals surface area contributed by atoms with E-state index in [1.54, 1.807) is 4.90 Å². The Labute approximate surface area is 109 Å². The summed E-state index contributed by atoms with van der Waals surface area (Å²) < 4.78 is 3.71. The average Bonchev–Trinajstić information content (AvgIpc) is 2.89. The minimum Gasteiger partial charge on any atom is -0.399 e. The van der Waals surface area contributed by atoms with E-state index in [0.29, 0.717) is 23.7 Å². The molecule has 1 aromatic carbocycles. The number of carbonyl (C=O) groups is 1. The molecule has 5 nitrogen and oxygen atoms in total. The van der Waals surface area contributed by atoms with Gasteiger partial charge in [0.25, 0.3) is 5.91 Å². The highest BCUT2D eigenvalue weighted by atomic mass is 32.1. The van der Waals surface area contributed by atoms with Crippen LogP contribution < -0.4 is 5.73 Å². The van der Waals surface area contributed by atoms with Gasteiger partial charge >= 0.3 is 0 Å². The normalized spacial score (nSPS) is 10.3. The van der Waals surface area contributed by atoms with E-state index in [1.807, 2.05) is 31.2 Å². The number of hydrogen-bond acceptors (Lipinski definition) is 5. The van der Waals surface area contributed by atoms with Crippen LogP contribution in [0, 0.1) is 0 Å². The zero-order chi connectivity index (χ0) is 13.0. The van der Waals surface area contributed by atoms with Crippen molar-refractivity contribution >= 4 is 23.1 Å². The lowest BCUT2D eigenvalue weighted by molar-refractivity contribution is 0.0757. The van der Waals surface area contributed by atoms with E-state index in [4.69, 9.17) is 5.73 Å². The summed E-state index contributed by atoms with van der Waals surface area (Å²) in [5, 5.41) is 3.68. The van der Waals surface area contributed by atoms with E-state index in [1.165, 1.54) is 6.20 Å². The van der Waals surface area contributed by atoms with Crippen LogP contribution in [0.3, 0.4) is 0 Å². The molecule has 2 N–H and O–H groups in total. The quantitative estimate of drug-likeness (QED) is 0.852. The summed E-state index contributed by atoms with van der Waals surface area (Å²) >= 11 is 1.11. The second-order valence-electron chi connectivity index (χ2n) is 3.85. The predicted octanol–water partition coefficient (Wildman–Crippen LogP) is 1.78. The number of nitrogens with two attached hydrogens (primary N) is 1. The molecule has 0 saturated carbocycles. The number of carbonyl (C=O) groups excluding carboxylic acids is 1. The molecular weight excluding hydrogens is 248 g/mol. The topological polar surface area (TPSA) is 72.1 Å². The third kappa shape index (κ3) is 2.84. The number of anilines is 1. The Kier molecular flexibility index (Phi) is 3.88. The standard InChI is InChI=1S/C12H14N4OS/c1-2-16(12(17)11-7-14-15-18-11)8-9-4-3-5-10(13)6-9/h3-7H,2,8,13H2,1H3. The number of hydrogen-bond donors (Lipinski definition) is 1. The molecule has 2 aromatic rings. The fraction of sp³-hybridized carbons (Fsp3) is 0.250. The number of aromatic nitrogens is 2. The molecule has 0 saturated heterocycles. The molecule has 18 heavy (non-hydrogen) atoms. The smallest absolute Gasteiger partial charge is 0.267 e. The molecule has 6 heteroatoms. The maximum absolute atomic E-state index is 12.2. The molecule has 1 heterocycles. The Hall–Kier alpha value is -1.95. The van der Waals surface area contributed by atoms with Crippen molar-refractivity contribution in [3.63, 3.8) is 0 Å². The van der Waals surface area contributed by atoms with E-state index in [2.05, 4.69) is 9.59 Å². The van der Waals surface area contributed by atoms with Crippen LogP contribution in [-0.4, -0.2) is 26.9 Å². The van der Waals surface area contributed by atoms with Gasteiger partial charge in [-0.1, -0.05) is 16.6 Å². The van der Waals surface area contributed by atoms with Crippen molar-refractivity contribution in [1.29, 1.82) is 0 Å². The lowest BCUT2D eigenvalue weighted by Crippen LogP contribution is -2.29. The lowest BCUT2D eigenvalue weighted by Gasteiger charge is -2.20. The van der Waals surface area contributed by atoms with E-state index in [-0.39, 0.29) is 5.91 Å². The predicted molar refractivity (Wildman–Crippen MR) is 71.2 cm³/mol. The van der Waals surface area contributed by atoms with Crippen LogP contribution in [0.2, 0.25) is 0 Å². The van der Waals surface area contributed by atoms with Crippen molar-refractivity contribution in [2.75, 3.05) is 12.3 Å². The van der Waals surface area contributed by atoms with Crippen LogP contribution in [0.15, 0.2) is 30.5 Å². The molecule has 2 rings (SSSR count). The van der Waals surface area contributed by atoms with Crippen molar-refractivity contribution in [2.24, 2.45) is 0 Å². The van der Waals surface area contributed by atoms with Crippen LogP contribution in [0.5, 0.6) is 0 Å². The summed E-state index contributed by atoms with van der Waals surface area (Å²) in [5.74, 6) is -0.0464. The van der Waals surface area contributed by atoms with Gasteiger partial charge in [0.1, 0.15) is 4.88 Å². The highest BCUT2D eigenvalue weighted by molar-refractivity contribution is 7.07. The Morgan fingerprint density at radius 3 is 2.94 bits per heavy atom. The molecule has 0 radical (unpaired) electrons. The number of amides is 1. The second kappa shape index (κ2) is 5.59. The number of nitrogen functional groups attached to an aromatic ring is 1. The largest absolute Gasteiger partial charge is 0.399 e. The Morgan fingerprint density at radius 2 is 2.33 bits per heavy atom. The number of benzene rings is 1. The lowest BCUT2D eigenvalue weighted by atomic mass is 10.2. The molecular formula is C12H14N4OS. The number of nitrogens with zero attached hydrogens (tertiary/aromatic N) is 3. The molecule has 0 unspecified atom stereocenters. The number of rotatable bonds is 4. The van der Waals surface area contributed by atoms with Gasteiger partial charge in [-0.3, -0.25) is 4.79 Å². The molecule has 0 bridgehead atoms. The summed E-state index contributed by atoms with van der Waals surface area (Å²) in [4.78, 5) is 14.4. The molecule has 0 atom stereocenters. The van der Waals surface area contributed by atoms with Gasteiger partial charge in [-0.25, -0.2) is 0 Å².